The van der Waals surface area contributed by atoms with Crippen molar-refractivity contribution in [2.24, 2.45) is 4.99 Å². The number of nitrogens with one attached hydrogen (secondary N) is 1. The van der Waals surface area contributed by atoms with Crippen LogP contribution in [0.25, 0.3) is 0 Å². The number of hydroxylamine groups is 1. The molecule has 0 radical (unpaired) electrons. The van der Waals surface area contributed by atoms with Crippen molar-refractivity contribution in [1.29, 1.82) is 0 Å². The summed E-state index contributed by atoms with van der Waals surface area (Å²) in [5.41, 5.74) is 1.76. The zero-order valence-electron chi connectivity index (χ0n) is 5.71. The molecule has 0 aliphatic carbocycles. The monoisotopic (exact) mass is 219 g/mol. The third-order valence-corrected chi connectivity index (χ3v) is 1.93. The third-order valence-electron chi connectivity index (χ3n) is 1.02. The minimum absolute atomic E-state index is 0.393. The van der Waals surface area contributed by atoms with Crippen LogP contribution in [0.4, 0.5) is 5.82 Å². The second kappa shape index (κ2) is 3.49. The van der Waals surface area contributed by atoms with Crippen LogP contribution < -0.4 is 5.48 Å². The van der Waals surface area contributed by atoms with Crippen molar-refractivity contribution in [3.63, 3.8) is 0 Å². The fraction of sp³-hybridized carbons (Fsp3) is 0.200. The van der Waals surface area contributed by atoms with Crippen LogP contribution in [0.3, 0.4) is 0 Å². The molecule has 0 spiro atoms. The lowest BCUT2D eigenvalue weighted by Crippen LogP contribution is -2.00. The molecule has 0 saturated carbocycles. The first kappa shape index (κ1) is 8.22. The van der Waals surface area contributed by atoms with Crippen molar-refractivity contribution in [2.75, 3.05) is 0 Å². The minimum atomic E-state index is 0.393. The van der Waals surface area contributed by atoms with E-state index in [-0.39, 0.29) is 0 Å². The number of hydrogen-bond acceptors (Lipinski definition) is 4. The molecule has 0 fully saturated rings. The zero-order chi connectivity index (χ0) is 8.27. The molecule has 1 aromatic heterocycles. The van der Waals surface area contributed by atoms with Crippen LogP contribution in [0.15, 0.2) is 14.0 Å². The third kappa shape index (κ3) is 1.78. The Morgan fingerprint density at radius 3 is 3.00 bits per heavy atom. The molecule has 0 aliphatic heterocycles. The zero-order valence-corrected chi connectivity index (χ0v) is 7.29. The lowest BCUT2D eigenvalue weighted by atomic mass is 10.5. The fourth-order valence-electron chi connectivity index (χ4n) is 0.520. The summed E-state index contributed by atoms with van der Waals surface area (Å²) in [6, 6.07) is 0. The predicted molar refractivity (Wildman–Crippen MR) is 42.0 cm³/mol. The van der Waals surface area contributed by atoms with Gasteiger partial charge in [0.2, 0.25) is 5.82 Å². The molecular weight excluding hydrogens is 214 g/mol. The van der Waals surface area contributed by atoms with Crippen LogP contribution in [0.2, 0.25) is 0 Å². The number of rotatable bonds is 2. The summed E-state index contributed by atoms with van der Waals surface area (Å²) in [7, 11) is 0. The van der Waals surface area contributed by atoms with Crippen LogP contribution in [-0.2, 0) is 0 Å². The fourth-order valence-corrected chi connectivity index (χ4v) is 0.767. The van der Waals surface area contributed by atoms with E-state index in [0.717, 1.165) is 6.34 Å². The Bertz CT molecular complexity index is 271. The normalized spacial score (nSPS) is 10.8. The van der Waals surface area contributed by atoms with Gasteiger partial charge >= 0.3 is 0 Å². The van der Waals surface area contributed by atoms with E-state index in [0.29, 0.717) is 16.1 Å². The van der Waals surface area contributed by atoms with E-state index in [1.165, 1.54) is 0 Å². The molecule has 0 aromatic carbocycles. The van der Waals surface area contributed by atoms with Gasteiger partial charge in [0.15, 0.2) is 0 Å². The second-order valence-electron chi connectivity index (χ2n) is 1.76. The summed E-state index contributed by atoms with van der Waals surface area (Å²) >= 11 is 3.20. The Labute approximate surface area is 71.2 Å². The smallest absolute Gasteiger partial charge is 0.211 e. The van der Waals surface area contributed by atoms with Gasteiger partial charge in [0.05, 0.1) is 0 Å². The summed E-state index contributed by atoms with van der Waals surface area (Å²) in [6.45, 7) is 1.75. The molecule has 0 unspecified atom stereocenters. The predicted octanol–water partition coefficient (Wildman–Crippen LogP) is 1.38. The van der Waals surface area contributed by atoms with Gasteiger partial charge in [-0.1, -0.05) is 5.16 Å². The van der Waals surface area contributed by atoms with E-state index in [2.05, 4.69) is 26.1 Å². The Morgan fingerprint density at radius 2 is 2.55 bits per heavy atom. The van der Waals surface area contributed by atoms with Crippen molar-refractivity contribution in [3.05, 3.63) is 10.2 Å². The quantitative estimate of drug-likeness (QED) is 0.448. The number of aromatic nitrogens is 1. The maximum atomic E-state index is 8.15. The van der Waals surface area contributed by atoms with E-state index in [4.69, 9.17) is 9.73 Å². The van der Waals surface area contributed by atoms with Crippen LogP contribution >= 0.6 is 15.9 Å². The van der Waals surface area contributed by atoms with E-state index in [1.807, 2.05) is 0 Å². The maximum absolute atomic E-state index is 8.15. The van der Waals surface area contributed by atoms with Gasteiger partial charge in [0.25, 0.3) is 0 Å². The molecule has 1 rings (SSSR count). The lowest BCUT2D eigenvalue weighted by molar-refractivity contribution is 0.240. The average molecular weight is 220 g/mol. The van der Waals surface area contributed by atoms with Gasteiger partial charge < -0.3 is 4.52 Å². The lowest BCUT2D eigenvalue weighted by Gasteiger charge is -1.84. The molecule has 60 valence electrons. The summed E-state index contributed by atoms with van der Waals surface area (Å²) in [5.74, 6) is 1.04. The largest absolute Gasteiger partial charge is 0.358 e. The number of nitrogens with zero attached hydrogens (tertiary/aromatic N) is 2. The average Bonchev–Trinajstić information content (AvgIpc) is 2.31. The van der Waals surface area contributed by atoms with Gasteiger partial charge in [-0.25, -0.2) is 4.99 Å². The van der Waals surface area contributed by atoms with Gasteiger partial charge in [-0.2, -0.15) is 0 Å². The van der Waals surface area contributed by atoms with Crippen LogP contribution in [0.1, 0.15) is 5.76 Å². The minimum Gasteiger partial charge on any atom is -0.358 e. The van der Waals surface area contributed by atoms with Crippen molar-refractivity contribution in [3.8, 4) is 0 Å². The van der Waals surface area contributed by atoms with E-state index in [9.17, 15) is 0 Å². The first-order valence-corrected chi connectivity index (χ1v) is 3.59. The Hall–Kier alpha value is -0.880. The summed E-state index contributed by atoms with van der Waals surface area (Å²) < 4.78 is 5.46. The SMILES string of the molecule is Cc1onc(N=CNO)c1Br. The van der Waals surface area contributed by atoms with Gasteiger partial charge in [-0.3, -0.25) is 10.7 Å². The molecule has 6 heteroatoms. The number of aliphatic imine (C=N–C) groups is 1. The highest BCUT2D eigenvalue weighted by Crippen LogP contribution is 2.26. The molecule has 0 bridgehead atoms. The molecule has 0 amide bonds. The topological polar surface area (TPSA) is 70.7 Å². The van der Waals surface area contributed by atoms with Crippen LogP contribution in [0, 0.1) is 6.92 Å². The Morgan fingerprint density at radius 1 is 1.82 bits per heavy atom. The molecule has 0 aliphatic rings. The van der Waals surface area contributed by atoms with E-state index < -0.39 is 0 Å². The summed E-state index contributed by atoms with van der Waals surface area (Å²) in [4.78, 5) is 3.71. The van der Waals surface area contributed by atoms with Crippen molar-refractivity contribution < 1.29 is 9.73 Å². The second-order valence-corrected chi connectivity index (χ2v) is 2.56. The first-order chi connectivity index (χ1) is 5.25. The summed E-state index contributed by atoms with van der Waals surface area (Å²) in [6.07, 6.45) is 1.10. The van der Waals surface area contributed by atoms with E-state index >= 15 is 0 Å². The highest BCUT2D eigenvalue weighted by molar-refractivity contribution is 9.10. The van der Waals surface area contributed by atoms with Gasteiger partial charge in [-0.05, 0) is 22.9 Å². The van der Waals surface area contributed by atoms with Crippen molar-refractivity contribution in [1.82, 2.24) is 10.6 Å². The van der Waals surface area contributed by atoms with Gasteiger partial charge in [-0.15, -0.1) is 0 Å². The van der Waals surface area contributed by atoms with Crippen LogP contribution in [0.5, 0.6) is 0 Å². The molecule has 0 atom stereocenters. The molecule has 2 N–H and O–H groups in total. The van der Waals surface area contributed by atoms with Gasteiger partial charge in [0.1, 0.15) is 16.6 Å². The number of halogens is 1. The molecule has 0 saturated heterocycles. The van der Waals surface area contributed by atoms with Gasteiger partial charge in [0, 0.05) is 0 Å². The van der Waals surface area contributed by atoms with E-state index in [1.54, 1.807) is 12.4 Å². The summed E-state index contributed by atoms with van der Waals surface area (Å²) in [5, 5.41) is 11.7. The molecule has 5 nitrogen and oxygen atoms in total. The van der Waals surface area contributed by atoms with Crippen molar-refractivity contribution >= 4 is 28.1 Å². The van der Waals surface area contributed by atoms with Crippen LogP contribution in [-0.4, -0.2) is 16.7 Å². The highest BCUT2D eigenvalue weighted by atomic mass is 79.9. The Balaban J connectivity index is 2.87. The molecule has 1 heterocycles. The maximum Gasteiger partial charge on any atom is 0.211 e. The standard InChI is InChI=1S/C5H6BrN3O2/c1-3-4(6)5(9-11-3)7-2-8-10/h2,10H,1H3,(H,7,8,9). The highest BCUT2D eigenvalue weighted by Gasteiger charge is 2.06. The van der Waals surface area contributed by atoms with Crippen molar-refractivity contribution in [2.45, 2.75) is 6.92 Å². The first-order valence-electron chi connectivity index (χ1n) is 2.79. The number of hydrogen-bond donors (Lipinski definition) is 2. The number of aryl methyl sites for hydroxylation is 1. The molecule has 1 aromatic rings. The Kier molecular flexibility index (Phi) is 2.61. The molecular formula is C5H6BrN3O2. The molecule has 11 heavy (non-hydrogen) atoms.